The van der Waals surface area contributed by atoms with Crippen molar-refractivity contribution in [3.63, 3.8) is 0 Å². The molecule has 1 fully saturated rings. The van der Waals surface area contributed by atoms with Gasteiger partial charge in [-0.05, 0) is 43.9 Å². The van der Waals surface area contributed by atoms with E-state index in [1.807, 2.05) is 12.1 Å². The SMILES string of the molecule is COc1cc(CNC2(C)CCC2)cc2c1OCCO2. The maximum Gasteiger partial charge on any atom is 0.203 e. The lowest BCUT2D eigenvalue weighted by Gasteiger charge is -2.39. The summed E-state index contributed by atoms with van der Waals surface area (Å²) >= 11 is 0. The summed E-state index contributed by atoms with van der Waals surface area (Å²) in [7, 11) is 1.66. The predicted molar refractivity (Wildman–Crippen MR) is 73.1 cm³/mol. The molecular formula is C15H21NO3. The van der Waals surface area contributed by atoms with Gasteiger partial charge in [0.15, 0.2) is 11.5 Å². The summed E-state index contributed by atoms with van der Waals surface area (Å²) in [5.41, 5.74) is 1.48. The molecule has 1 N–H and O–H groups in total. The summed E-state index contributed by atoms with van der Waals surface area (Å²) in [6, 6.07) is 4.08. The minimum absolute atomic E-state index is 0.306. The zero-order valence-corrected chi connectivity index (χ0v) is 11.6. The smallest absolute Gasteiger partial charge is 0.203 e. The molecule has 0 atom stereocenters. The Hall–Kier alpha value is -1.42. The topological polar surface area (TPSA) is 39.7 Å². The molecule has 1 aromatic carbocycles. The minimum Gasteiger partial charge on any atom is -0.493 e. The fraction of sp³-hybridized carbons (Fsp3) is 0.600. The highest BCUT2D eigenvalue weighted by molar-refractivity contribution is 5.54. The Morgan fingerprint density at radius 2 is 2.05 bits per heavy atom. The van der Waals surface area contributed by atoms with Crippen molar-refractivity contribution >= 4 is 0 Å². The van der Waals surface area contributed by atoms with Crippen molar-refractivity contribution in [3.8, 4) is 17.2 Å². The zero-order valence-electron chi connectivity index (χ0n) is 11.6. The van der Waals surface area contributed by atoms with Gasteiger partial charge in [-0.25, -0.2) is 0 Å². The summed E-state index contributed by atoms with van der Waals surface area (Å²) in [6.45, 7) is 4.30. The second kappa shape index (κ2) is 4.93. The highest BCUT2D eigenvalue weighted by atomic mass is 16.6. The van der Waals surface area contributed by atoms with Gasteiger partial charge in [0, 0.05) is 12.1 Å². The maximum absolute atomic E-state index is 5.65. The van der Waals surface area contributed by atoms with Crippen LogP contribution in [0.25, 0.3) is 0 Å². The first-order chi connectivity index (χ1) is 9.20. The molecule has 0 spiro atoms. The first-order valence-corrected chi connectivity index (χ1v) is 6.92. The summed E-state index contributed by atoms with van der Waals surface area (Å²) in [5.74, 6) is 2.28. The van der Waals surface area contributed by atoms with Crippen LogP contribution in [0.3, 0.4) is 0 Å². The largest absolute Gasteiger partial charge is 0.493 e. The van der Waals surface area contributed by atoms with Gasteiger partial charge >= 0.3 is 0 Å². The summed E-state index contributed by atoms with van der Waals surface area (Å²) < 4.78 is 16.6. The van der Waals surface area contributed by atoms with Gasteiger partial charge in [-0.2, -0.15) is 0 Å². The Balaban J connectivity index is 1.77. The standard InChI is InChI=1S/C15H21NO3/c1-15(4-3-5-15)16-10-11-8-12(17-2)14-13(9-11)18-6-7-19-14/h8-9,16H,3-7,10H2,1-2H3. The van der Waals surface area contributed by atoms with E-state index in [-0.39, 0.29) is 0 Å². The van der Waals surface area contributed by atoms with Gasteiger partial charge in [-0.3, -0.25) is 0 Å². The van der Waals surface area contributed by atoms with Gasteiger partial charge in [0.25, 0.3) is 0 Å². The molecule has 1 aromatic rings. The molecule has 0 aromatic heterocycles. The molecule has 1 aliphatic carbocycles. The molecule has 1 aliphatic heterocycles. The van der Waals surface area contributed by atoms with E-state index in [9.17, 15) is 0 Å². The highest BCUT2D eigenvalue weighted by Gasteiger charge is 2.31. The van der Waals surface area contributed by atoms with E-state index in [1.54, 1.807) is 7.11 Å². The Labute approximate surface area is 114 Å². The van der Waals surface area contributed by atoms with E-state index in [2.05, 4.69) is 12.2 Å². The summed E-state index contributed by atoms with van der Waals surface area (Å²) in [4.78, 5) is 0. The Morgan fingerprint density at radius 3 is 2.74 bits per heavy atom. The molecule has 4 heteroatoms. The number of nitrogens with one attached hydrogen (secondary N) is 1. The molecule has 104 valence electrons. The van der Waals surface area contributed by atoms with Crippen molar-refractivity contribution in [1.29, 1.82) is 0 Å². The average molecular weight is 263 g/mol. The fourth-order valence-electron chi connectivity index (χ4n) is 2.63. The minimum atomic E-state index is 0.306. The van der Waals surface area contributed by atoms with Gasteiger partial charge in [0.05, 0.1) is 7.11 Å². The second-order valence-electron chi connectivity index (χ2n) is 5.59. The van der Waals surface area contributed by atoms with Crippen LogP contribution in [-0.4, -0.2) is 25.9 Å². The molecule has 0 amide bonds. The number of hydrogen-bond donors (Lipinski definition) is 1. The van der Waals surface area contributed by atoms with Crippen molar-refractivity contribution in [1.82, 2.24) is 5.32 Å². The summed E-state index contributed by atoms with van der Waals surface area (Å²) in [5, 5.41) is 3.62. The van der Waals surface area contributed by atoms with Gasteiger partial charge in [-0.1, -0.05) is 0 Å². The Bertz CT molecular complexity index is 451. The number of rotatable bonds is 4. The fourth-order valence-corrected chi connectivity index (χ4v) is 2.63. The molecule has 19 heavy (non-hydrogen) atoms. The highest BCUT2D eigenvalue weighted by Crippen LogP contribution is 2.40. The van der Waals surface area contributed by atoms with Crippen LogP contribution in [0.5, 0.6) is 17.2 Å². The molecule has 0 saturated heterocycles. The third-order valence-corrected chi connectivity index (χ3v) is 4.06. The molecule has 3 rings (SSSR count). The Kier molecular flexibility index (Phi) is 3.27. The summed E-state index contributed by atoms with van der Waals surface area (Å²) in [6.07, 6.45) is 3.84. The van der Waals surface area contributed by atoms with E-state index < -0.39 is 0 Å². The van der Waals surface area contributed by atoms with Crippen LogP contribution >= 0.6 is 0 Å². The zero-order chi connectivity index (χ0) is 13.3. The van der Waals surface area contributed by atoms with Crippen molar-refractivity contribution in [2.45, 2.75) is 38.3 Å². The van der Waals surface area contributed by atoms with Crippen LogP contribution in [0.4, 0.5) is 0 Å². The van der Waals surface area contributed by atoms with Crippen LogP contribution in [0, 0.1) is 0 Å². The molecule has 2 aliphatic rings. The Morgan fingerprint density at radius 1 is 1.26 bits per heavy atom. The number of methoxy groups -OCH3 is 1. The average Bonchev–Trinajstić information content (AvgIpc) is 2.42. The van der Waals surface area contributed by atoms with Crippen LogP contribution in [0.15, 0.2) is 12.1 Å². The van der Waals surface area contributed by atoms with Crippen molar-refractivity contribution in [3.05, 3.63) is 17.7 Å². The third kappa shape index (κ3) is 2.50. The monoisotopic (exact) mass is 263 g/mol. The van der Waals surface area contributed by atoms with E-state index in [0.29, 0.717) is 18.8 Å². The van der Waals surface area contributed by atoms with Gasteiger partial charge < -0.3 is 19.5 Å². The van der Waals surface area contributed by atoms with Crippen LogP contribution in [0.2, 0.25) is 0 Å². The molecule has 4 nitrogen and oxygen atoms in total. The van der Waals surface area contributed by atoms with Crippen molar-refractivity contribution in [2.75, 3.05) is 20.3 Å². The van der Waals surface area contributed by atoms with E-state index in [0.717, 1.165) is 23.8 Å². The first kappa shape index (κ1) is 12.6. The third-order valence-electron chi connectivity index (χ3n) is 4.06. The molecule has 0 unspecified atom stereocenters. The molecular weight excluding hydrogens is 242 g/mol. The first-order valence-electron chi connectivity index (χ1n) is 6.92. The van der Waals surface area contributed by atoms with Gasteiger partial charge in [0.2, 0.25) is 5.75 Å². The van der Waals surface area contributed by atoms with Crippen LogP contribution in [-0.2, 0) is 6.54 Å². The van der Waals surface area contributed by atoms with Gasteiger partial charge in [-0.15, -0.1) is 0 Å². The van der Waals surface area contributed by atoms with E-state index in [1.165, 1.54) is 24.8 Å². The van der Waals surface area contributed by atoms with Gasteiger partial charge in [0.1, 0.15) is 13.2 Å². The molecule has 0 radical (unpaired) electrons. The second-order valence-corrected chi connectivity index (χ2v) is 5.59. The lowest BCUT2D eigenvalue weighted by atomic mass is 9.78. The number of hydrogen-bond acceptors (Lipinski definition) is 4. The van der Waals surface area contributed by atoms with E-state index in [4.69, 9.17) is 14.2 Å². The molecule has 0 bridgehead atoms. The number of benzene rings is 1. The lowest BCUT2D eigenvalue weighted by molar-refractivity contribution is 0.164. The maximum atomic E-state index is 5.65. The van der Waals surface area contributed by atoms with Crippen LogP contribution in [0.1, 0.15) is 31.7 Å². The predicted octanol–water partition coefficient (Wildman–Crippen LogP) is 2.50. The van der Waals surface area contributed by atoms with Crippen molar-refractivity contribution in [2.24, 2.45) is 0 Å². The molecule has 1 heterocycles. The normalized spacial score (nSPS) is 19.7. The number of fused-ring (bicyclic) bond motifs is 1. The van der Waals surface area contributed by atoms with Crippen LogP contribution < -0.4 is 19.5 Å². The molecule has 1 saturated carbocycles. The quantitative estimate of drug-likeness (QED) is 0.906. The lowest BCUT2D eigenvalue weighted by Crippen LogP contribution is -2.47. The van der Waals surface area contributed by atoms with E-state index >= 15 is 0 Å². The van der Waals surface area contributed by atoms with Crippen molar-refractivity contribution < 1.29 is 14.2 Å². The number of ether oxygens (including phenoxy) is 3.